The number of carboxylic acid groups (broad SMARTS) is 1. The first-order valence-corrected chi connectivity index (χ1v) is 6.38. The standard InChI is InChI=1S/C13H18N2O4/c1-13(2)5-3-8(4-6-13)14-11(16)9-7-10(12(17)18)19-15-9/h7-8H,3-6H2,1-2H3,(H,14,16)(H,17,18). The number of hydrogen-bond acceptors (Lipinski definition) is 4. The minimum absolute atomic E-state index is 0.0160. The maximum atomic E-state index is 11.9. The highest BCUT2D eigenvalue weighted by atomic mass is 16.5. The molecule has 0 atom stereocenters. The van der Waals surface area contributed by atoms with Crippen LogP contribution in [0.1, 0.15) is 60.6 Å². The van der Waals surface area contributed by atoms with Crippen molar-refractivity contribution >= 4 is 11.9 Å². The van der Waals surface area contributed by atoms with E-state index in [9.17, 15) is 9.59 Å². The number of carbonyl (C=O) groups is 2. The van der Waals surface area contributed by atoms with Gasteiger partial charge in [0, 0.05) is 12.1 Å². The van der Waals surface area contributed by atoms with Crippen LogP contribution in [-0.4, -0.2) is 28.2 Å². The SMILES string of the molecule is CC1(C)CCC(NC(=O)c2cc(C(=O)O)on2)CC1. The number of rotatable bonds is 3. The van der Waals surface area contributed by atoms with Crippen molar-refractivity contribution in [3.63, 3.8) is 0 Å². The van der Waals surface area contributed by atoms with E-state index in [1.807, 2.05) is 0 Å². The third-order valence-electron chi connectivity index (χ3n) is 3.63. The van der Waals surface area contributed by atoms with Crippen LogP contribution < -0.4 is 5.32 Å². The Balaban J connectivity index is 1.92. The number of nitrogens with zero attached hydrogens (tertiary/aromatic N) is 1. The molecule has 19 heavy (non-hydrogen) atoms. The average Bonchev–Trinajstić information content (AvgIpc) is 2.81. The third kappa shape index (κ3) is 3.33. The molecule has 0 aliphatic heterocycles. The lowest BCUT2D eigenvalue weighted by Crippen LogP contribution is -2.39. The normalized spacial score (nSPS) is 19.1. The van der Waals surface area contributed by atoms with Crippen LogP contribution >= 0.6 is 0 Å². The van der Waals surface area contributed by atoms with E-state index in [2.05, 4.69) is 28.8 Å². The molecule has 1 heterocycles. The van der Waals surface area contributed by atoms with Gasteiger partial charge in [-0.25, -0.2) is 4.79 Å². The molecule has 1 amide bonds. The van der Waals surface area contributed by atoms with Gasteiger partial charge in [-0.05, 0) is 31.1 Å². The van der Waals surface area contributed by atoms with Crippen LogP contribution in [0, 0.1) is 5.41 Å². The lowest BCUT2D eigenvalue weighted by atomic mass is 9.75. The Kier molecular flexibility index (Phi) is 3.59. The summed E-state index contributed by atoms with van der Waals surface area (Å²) in [6, 6.07) is 1.27. The summed E-state index contributed by atoms with van der Waals surface area (Å²) in [6.07, 6.45) is 4.00. The molecule has 0 aromatic carbocycles. The largest absolute Gasteiger partial charge is 0.475 e. The predicted octanol–water partition coefficient (Wildman–Crippen LogP) is 2.07. The quantitative estimate of drug-likeness (QED) is 0.873. The molecule has 2 N–H and O–H groups in total. The molecule has 1 aliphatic carbocycles. The maximum Gasteiger partial charge on any atom is 0.374 e. The van der Waals surface area contributed by atoms with Crippen LogP contribution in [0.4, 0.5) is 0 Å². The molecule has 0 unspecified atom stereocenters. The summed E-state index contributed by atoms with van der Waals surface area (Å²) in [5.41, 5.74) is 0.355. The van der Waals surface area contributed by atoms with Crippen LogP contribution in [0.15, 0.2) is 10.6 Å². The molecule has 6 nitrogen and oxygen atoms in total. The van der Waals surface area contributed by atoms with Gasteiger partial charge in [-0.15, -0.1) is 0 Å². The number of carboxylic acids is 1. The van der Waals surface area contributed by atoms with E-state index in [1.165, 1.54) is 0 Å². The summed E-state index contributed by atoms with van der Waals surface area (Å²) in [5, 5.41) is 15.0. The molecule has 104 valence electrons. The van der Waals surface area contributed by atoms with Crippen molar-refractivity contribution in [2.45, 2.75) is 45.6 Å². The van der Waals surface area contributed by atoms with Crippen LogP contribution in [0.25, 0.3) is 0 Å². The van der Waals surface area contributed by atoms with Gasteiger partial charge in [0.15, 0.2) is 5.69 Å². The topological polar surface area (TPSA) is 92.4 Å². The first kappa shape index (κ1) is 13.6. The van der Waals surface area contributed by atoms with Gasteiger partial charge in [-0.2, -0.15) is 0 Å². The molecule has 0 saturated heterocycles. The van der Waals surface area contributed by atoms with Crippen molar-refractivity contribution in [1.82, 2.24) is 10.5 Å². The van der Waals surface area contributed by atoms with Gasteiger partial charge in [-0.1, -0.05) is 19.0 Å². The summed E-state index contributed by atoms with van der Waals surface area (Å²) in [7, 11) is 0. The number of carbonyl (C=O) groups excluding carboxylic acids is 1. The maximum absolute atomic E-state index is 11.9. The summed E-state index contributed by atoms with van der Waals surface area (Å²) in [5.74, 6) is -1.93. The highest BCUT2D eigenvalue weighted by molar-refractivity contribution is 5.94. The minimum atomic E-state index is -1.23. The number of aromatic nitrogens is 1. The molecule has 0 radical (unpaired) electrons. The van der Waals surface area contributed by atoms with Gasteiger partial charge in [0.05, 0.1) is 0 Å². The second-order valence-corrected chi connectivity index (χ2v) is 5.79. The smallest absolute Gasteiger partial charge is 0.374 e. The van der Waals surface area contributed by atoms with E-state index in [1.54, 1.807) is 0 Å². The van der Waals surface area contributed by atoms with Crippen LogP contribution in [0.3, 0.4) is 0 Å². The average molecular weight is 266 g/mol. The Morgan fingerprint density at radius 3 is 2.58 bits per heavy atom. The van der Waals surface area contributed by atoms with E-state index in [-0.39, 0.29) is 23.4 Å². The summed E-state index contributed by atoms with van der Waals surface area (Å²) in [6.45, 7) is 4.45. The van der Waals surface area contributed by atoms with Crippen LogP contribution in [-0.2, 0) is 0 Å². The summed E-state index contributed by atoms with van der Waals surface area (Å²) < 4.78 is 4.56. The molecule has 0 bridgehead atoms. The first-order chi connectivity index (χ1) is 8.87. The monoisotopic (exact) mass is 266 g/mol. The van der Waals surface area contributed by atoms with Crippen molar-refractivity contribution in [2.24, 2.45) is 5.41 Å². The van der Waals surface area contributed by atoms with Crippen molar-refractivity contribution in [3.8, 4) is 0 Å². The lowest BCUT2D eigenvalue weighted by Gasteiger charge is -2.34. The molecular formula is C13H18N2O4. The fourth-order valence-corrected chi connectivity index (χ4v) is 2.29. The summed E-state index contributed by atoms with van der Waals surface area (Å²) in [4.78, 5) is 22.5. The molecule has 1 aromatic rings. The molecule has 1 aromatic heterocycles. The zero-order chi connectivity index (χ0) is 14.0. The molecule has 1 saturated carbocycles. The molecule has 2 rings (SSSR count). The third-order valence-corrected chi connectivity index (χ3v) is 3.63. The Bertz CT molecular complexity index is 483. The zero-order valence-electron chi connectivity index (χ0n) is 11.1. The number of hydrogen-bond donors (Lipinski definition) is 2. The molecule has 1 fully saturated rings. The molecule has 6 heteroatoms. The van der Waals surface area contributed by atoms with Crippen molar-refractivity contribution in [2.75, 3.05) is 0 Å². The van der Waals surface area contributed by atoms with Crippen molar-refractivity contribution in [3.05, 3.63) is 17.5 Å². The molecule has 0 spiro atoms. The van der Waals surface area contributed by atoms with Crippen molar-refractivity contribution < 1.29 is 19.2 Å². The highest BCUT2D eigenvalue weighted by Gasteiger charge is 2.28. The molecular weight excluding hydrogens is 248 g/mol. The zero-order valence-corrected chi connectivity index (χ0v) is 11.1. The van der Waals surface area contributed by atoms with E-state index in [4.69, 9.17) is 5.11 Å². The first-order valence-electron chi connectivity index (χ1n) is 6.38. The summed E-state index contributed by atoms with van der Waals surface area (Å²) >= 11 is 0. The fourth-order valence-electron chi connectivity index (χ4n) is 2.29. The Labute approximate surface area is 111 Å². The Morgan fingerprint density at radius 1 is 1.42 bits per heavy atom. The van der Waals surface area contributed by atoms with Gasteiger partial charge in [0.1, 0.15) is 0 Å². The lowest BCUT2D eigenvalue weighted by molar-refractivity contribution is 0.0650. The second-order valence-electron chi connectivity index (χ2n) is 5.79. The van der Waals surface area contributed by atoms with Gasteiger partial charge in [0.2, 0.25) is 5.76 Å². The minimum Gasteiger partial charge on any atom is -0.475 e. The fraction of sp³-hybridized carbons (Fsp3) is 0.615. The number of nitrogens with one attached hydrogen (secondary N) is 1. The van der Waals surface area contributed by atoms with Gasteiger partial charge < -0.3 is 14.9 Å². The number of amides is 1. The van der Waals surface area contributed by atoms with E-state index in [0.29, 0.717) is 5.41 Å². The van der Waals surface area contributed by atoms with E-state index >= 15 is 0 Å². The van der Waals surface area contributed by atoms with E-state index < -0.39 is 5.97 Å². The van der Waals surface area contributed by atoms with Gasteiger partial charge >= 0.3 is 5.97 Å². The Morgan fingerprint density at radius 2 is 2.05 bits per heavy atom. The molecule has 1 aliphatic rings. The number of aromatic carboxylic acids is 1. The van der Waals surface area contributed by atoms with E-state index in [0.717, 1.165) is 31.7 Å². The van der Waals surface area contributed by atoms with Gasteiger partial charge in [0.25, 0.3) is 5.91 Å². The highest BCUT2D eigenvalue weighted by Crippen LogP contribution is 2.35. The van der Waals surface area contributed by atoms with Crippen LogP contribution in [0.5, 0.6) is 0 Å². The van der Waals surface area contributed by atoms with Crippen LogP contribution in [0.2, 0.25) is 0 Å². The van der Waals surface area contributed by atoms with Crippen molar-refractivity contribution in [1.29, 1.82) is 0 Å². The predicted molar refractivity (Wildman–Crippen MR) is 67.0 cm³/mol. The Hall–Kier alpha value is -1.85. The second kappa shape index (κ2) is 5.03. The van der Waals surface area contributed by atoms with Gasteiger partial charge in [-0.3, -0.25) is 4.79 Å².